The predicted octanol–water partition coefficient (Wildman–Crippen LogP) is 2.32. The average Bonchev–Trinajstić information content (AvgIpc) is 3.40. The average molecular weight is 459 g/mol. The lowest BCUT2D eigenvalue weighted by molar-refractivity contribution is 0.116. The zero-order valence-electron chi connectivity index (χ0n) is 17.6. The number of fused-ring (bicyclic) bond motifs is 1. The molecule has 33 heavy (non-hydrogen) atoms. The van der Waals surface area contributed by atoms with Gasteiger partial charge in [0, 0.05) is 45.5 Å². The quantitative estimate of drug-likeness (QED) is 0.490. The van der Waals surface area contributed by atoms with E-state index in [1.165, 1.54) is 21.4 Å². The molecule has 1 aliphatic heterocycles. The summed E-state index contributed by atoms with van der Waals surface area (Å²) in [6.07, 6.45) is -1.46. The first kappa shape index (κ1) is 21.2. The molecule has 12 heteroatoms. The third-order valence-corrected chi connectivity index (χ3v) is 5.69. The Labute approximate surface area is 185 Å². The SMILES string of the molecule is Cn1c(=O)n(Cc2ccc(-c3nnc(C(F)F)o3)cn2)c2cc(F)c(N3CCNCC3)cc21. The van der Waals surface area contributed by atoms with Gasteiger partial charge in [-0.15, -0.1) is 10.2 Å². The Kier molecular flexibility index (Phi) is 5.36. The van der Waals surface area contributed by atoms with Crippen LogP contribution in [-0.2, 0) is 13.6 Å². The molecule has 9 nitrogen and oxygen atoms in total. The molecule has 1 aliphatic rings. The molecular weight excluding hydrogens is 439 g/mol. The molecule has 1 fully saturated rings. The second kappa shape index (κ2) is 8.35. The van der Waals surface area contributed by atoms with Gasteiger partial charge in [-0.3, -0.25) is 14.1 Å². The maximum absolute atomic E-state index is 15.0. The van der Waals surface area contributed by atoms with E-state index in [1.54, 1.807) is 25.2 Å². The van der Waals surface area contributed by atoms with Gasteiger partial charge in [0.2, 0.25) is 5.89 Å². The van der Waals surface area contributed by atoms with Crippen LogP contribution in [0.2, 0.25) is 0 Å². The van der Waals surface area contributed by atoms with Gasteiger partial charge in [0.1, 0.15) is 5.82 Å². The fourth-order valence-corrected chi connectivity index (χ4v) is 3.96. The van der Waals surface area contributed by atoms with Crippen molar-refractivity contribution in [1.82, 2.24) is 29.6 Å². The lowest BCUT2D eigenvalue weighted by atomic mass is 10.2. The first-order valence-electron chi connectivity index (χ1n) is 10.3. The van der Waals surface area contributed by atoms with Crippen LogP contribution < -0.4 is 15.9 Å². The van der Waals surface area contributed by atoms with Gasteiger partial charge in [-0.25, -0.2) is 9.18 Å². The lowest BCUT2D eigenvalue weighted by Gasteiger charge is -2.29. The number of anilines is 1. The largest absolute Gasteiger partial charge is 0.415 e. The number of alkyl halides is 2. The highest BCUT2D eigenvalue weighted by atomic mass is 19.3. The van der Waals surface area contributed by atoms with E-state index in [0.29, 0.717) is 41.1 Å². The predicted molar refractivity (Wildman–Crippen MR) is 114 cm³/mol. The minimum Gasteiger partial charge on any atom is -0.415 e. The number of imidazole rings is 1. The molecule has 4 heterocycles. The summed E-state index contributed by atoms with van der Waals surface area (Å²) < 4.78 is 48.1. The molecule has 1 N–H and O–H groups in total. The van der Waals surface area contributed by atoms with Gasteiger partial charge in [-0.1, -0.05) is 0 Å². The van der Waals surface area contributed by atoms with Crippen molar-refractivity contribution in [2.24, 2.45) is 7.05 Å². The summed E-state index contributed by atoms with van der Waals surface area (Å²) in [6, 6.07) is 6.30. The van der Waals surface area contributed by atoms with Crippen LogP contribution in [0.4, 0.5) is 18.9 Å². The van der Waals surface area contributed by atoms with Crippen LogP contribution in [0.15, 0.2) is 39.7 Å². The third-order valence-electron chi connectivity index (χ3n) is 5.69. The van der Waals surface area contributed by atoms with Crippen LogP contribution >= 0.6 is 0 Å². The van der Waals surface area contributed by atoms with Gasteiger partial charge in [0.05, 0.1) is 34.5 Å². The van der Waals surface area contributed by atoms with Crippen LogP contribution in [0.5, 0.6) is 0 Å². The van der Waals surface area contributed by atoms with Crippen LogP contribution in [-0.4, -0.2) is 50.5 Å². The second-order valence-corrected chi connectivity index (χ2v) is 7.74. The van der Waals surface area contributed by atoms with Crippen molar-refractivity contribution < 1.29 is 17.6 Å². The molecule has 3 aromatic heterocycles. The molecule has 172 valence electrons. The molecule has 0 atom stereocenters. The summed E-state index contributed by atoms with van der Waals surface area (Å²) in [6.45, 7) is 3.02. The highest BCUT2D eigenvalue weighted by Crippen LogP contribution is 2.27. The Bertz CT molecular complexity index is 1350. The Morgan fingerprint density at radius 2 is 1.94 bits per heavy atom. The molecule has 0 aliphatic carbocycles. The van der Waals surface area contributed by atoms with Gasteiger partial charge in [0.25, 0.3) is 5.89 Å². The molecule has 0 radical (unpaired) electrons. The van der Waals surface area contributed by atoms with E-state index in [-0.39, 0.29) is 18.1 Å². The number of rotatable bonds is 5. The summed E-state index contributed by atoms with van der Waals surface area (Å²) in [5, 5.41) is 10.1. The van der Waals surface area contributed by atoms with Crippen molar-refractivity contribution in [2.45, 2.75) is 13.0 Å². The Morgan fingerprint density at radius 3 is 2.61 bits per heavy atom. The van der Waals surface area contributed by atoms with Gasteiger partial charge in [-0.05, 0) is 18.2 Å². The van der Waals surface area contributed by atoms with Gasteiger partial charge in [-0.2, -0.15) is 8.78 Å². The number of pyridine rings is 1. The van der Waals surface area contributed by atoms with Crippen LogP contribution in [0.1, 0.15) is 18.0 Å². The number of benzene rings is 1. The van der Waals surface area contributed by atoms with Crippen molar-refractivity contribution in [1.29, 1.82) is 0 Å². The fourth-order valence-electron chi connectivity index (χ4n) is 3.96. The number of hydrogen-bond acceptors (Lipinski definition) is 7. The van der Waals surface area contributed by atoms with Crippen LogP contribution in [0, 0.1) is 5.82 Å². The molecular formula is C21H20F3N7O2. The second-order valence-electron chi connectivity index (χ2n) is 7.74. The van der Waals surface area contributed by atoms with Gasteiger partial charge < -0.3 is 14.6 Å². The zero-order chi connectivity index (χ0) is 23.1. The number of piperazine rings is 1. The standard InChI is InChI=1S/C21H20F3N7O2/c1-29-16-9-15(30-6-4-25-5-7-30)14(22)8-17(16)31(21(29)32)11-13-3-2-12(10-26-13)19-27-28-20(33-19)18(23)24/h2-3,8-10,18,25H,4-7,11H2,1H3. The van der Waals surface area contributed by atoms with E-state index in [0.717, 1.165) is 13.1 Å². The van der Waals surface area contributed by atoms with E-state index in [1.807, 2.05) is 4.90 Å². The van der Waals surface area contributed by atoms with Crippen molar-refractivity contribution in [3.05, 3.63) is 58.3 Å². The van der Waals surface area contributed by atoms with Gasteiger partial charge >= 0.3 is 12.1 Å². The van der Waals surface area contributed by atoms with E-state index in [2.05, 4.69) is 20.5 Å². The van der Waals surface area contributed by atoms with E-state index >= 15 is 0 Å². The number of nitrogens with zero attached hydrogens (tertiary/aromatic N) is 6. The maximum Gasteiger partial charge on any atom is 0.329 e. The number of nitrogens with one attached hydrogen (secondary N) is 1. The van der Waals surface area contributed by atoms with Crippen molar-refractivity contribution in [3.63, 3.8) is 0 Å². The van der Waals surface area contributed by atoms with E-state index in [9.17, 15) is 18.0 Å². The summed E-state index contributed by atoms with van der Waals surface area (Å²) >= 11 is 0. The molecule has 1 aromatic carbocycles. The zero-order valence-corrected chi connectivity index (χ0v) is 17.6. The molecule has 0 amide bonds. The molecule has 1 saturated heterocycles. The summed E-state index contributed by atoms with van der Waals surface area (Å²) in [7, 11) is 1.65. The Balaban J connectivity index is 1.45. The third kappa shape index (κ3) is 3.86. The molecule has 5 rings (SSSR count). The fraction of sp³-hybridized carbons (Fsp3) is 0.333. The molecule has 0 unspecified atom stereocenters. The topological polar surface area (TPSA) is 94.0 Å². The monoisotopic (exact) mass is 459 g/mol. The van der Waals surface area contributed by atoms with Crippen molar-refractivity contribution in [3.8, 4) is 11.5 Å². The normalized spacial score (nSPS) is 14.5. The van der Waals surface area contributed by atoms with E-state index in [4.69, 9.17) is 4.42 Å². The smallest absolute Gasteiger partial charge is 0.329 e. The van der Waals surface area contributed by atoms with Crippen LogP contribution in [0.3, 0.4) is 0 Å². The number of hydrogen-bond donors (Lipinski definition) is 1. The van der Waals surface area contributed by atoms with Crippen molar-refractivity contribution in [2.75, 3.05) is 31.1 Å². The highest BCUT2D eigenvalue weighted by molar-refractivity contribution is 5.81. The molecule has 4 aromatic rings. The first-order valence-corrected chi connectivity index (χ1v) is 10.3. The number of halogens is 3. The molecule has 0 bridgehead atoms. The summed E-state index contributed by atoms with van der Waals surface area (Å²) in [5.74, 6) is -1.23. The van der Waals surface area contributed by atoms with Crippen molar-refractivity contribution >= 4 is 16.7 Å². The molecule has 0 saturated carbocycles. The Hall–Kier alpha value is -3.67. The highest BCUT2D eigenvalue weighted by Gasteiger charge is 2.20. The number of aromatic nitrogens is 5. The minimum atomic E-state index is -2.86. The summed E-state index contributed by atoms with van der Waals surface area (Å²) in [4.78, 5) is 19.1. The van der Waals surface area contributed by atoms with Gasteiger partial charge in [0.15, 0.2) is 0 Å². The lowest BCUT2D eigenvalue weighted by Crippen LogP contribution is -2.43. The summed E-state index contributed by atoms with van der Waals surface area (Å²) in [5.41, 5.74) is 2.15. The first-order chi connectivity index (χ1) is 15.9. The van der Waals surface area contributed by atoms with E-state index < -0.39 is 18.1 Å². The van der Waals surface area contributed by atoms with Crippen LogP contribution in [0.25, 0.3) is 22.5 Å². The maximum atomic E-state index is 15.0. The minimum absolute atomic E-state index is 0.0748. The number of aryl methyl sites for hydroxylation is 1. The molecule has 0 spiro atoms. The Morgan fingerprint density at radius 1 is 1.15 bits per heavy atom.